The number of benzene rings is 1. The molecule has 1 rings (SSSR count). The number of unbranched alkanes of at least 4 members (excludes halogenated alkanes) is 2. The lowest BCUT2D eigenvalue weighted by Gasteiger charge is -2.11. The average Bonchev–Trinajstić information content (AvgIpc) is 2.54. The molecular formula is C15H22N2O5. The van der Waals surface area contributed by atoms with Crippen molar-refractivity contribution in [2.24, 2.45) is 0 Å². The first-order chi connectivity index (χ1) is 10.6. The van der Waals surface area contributed by atoms with Crippen molar-refractivity contribution >= 4 is 17.5 Å². The Labute approximate surface area is 129 Å². The summed E-state index contributed by atoms with van der Waals surface area (Å²) in [5.74, 6) is -0.473. The normalized spacial score (nSPS) is 9.95. The largest absolute Gasteiger partial charge is 0.497 e. The molecular weight excluding hydrogens is 288 g/mol. The minimum atomic E-state index is -0.759. The summed E-state index contributed by atoms with van der Waals surface area (Å²) in [6, 6.07) is 4.87. The van der Waals surface area contributed by atoms with Gasteiger partial charge < -0.3 is 25.2 Å². The molecule has 0 atom stereocenters. The van der Waals surface area contributed by atoms with Crippen LogP contribution in [-0.2, 0) is 9.59 Å². The average molecular weight is 310 g/mol. The van der Waals surface area contributed by atoms with Crippen molar-refractivity contribution in [2.45, 2.75) is 19.3 Å². The summed E-state index contributed by atoms with van der Waals surface area (Å²) >= 11 is 0. The molecule has 1 aromatic rings. The molecule has 2 amide bonds. The number of nitrogens with one attached hydrogen (secondary N) is 2. The number of aliphatic hydroxyl groups excluding tert-OH is 1. The zero-order valence-corrected chi connectivity index (χ0v) is 12.8. The van der Waals surface area contributed by atoms with E-state index in [-0.39, 0.29) is 6.61 Å². The molecule has 0 fully saturated rings. The monoisotopic (exact) mass is 310 g/mol. The zero-order chi connectivity index (χ0) is 16.4. The van der Waals surface area contributed by atoms with Crippen LogP contribution in [0.2, 0.25) is 0 Å². The van der Waals surface area contributed by atoms with Gasteiger partial charge in [0.25, 0.3) is 0 Å². The molecule has 0 aliphatic carbocycles. The highest BCUT2D eigenvalue weighted by atomic mass is 16.5. The zero-order valence-electron chi connectivity index (χ0n) is 12.8. The first kappa shape index (κ1) is 17.8. The summed E-state index contributed by atoms with van der Waals surface area (Å²) < 4.78 is 10.2. The van der Waals surface area contributed by atoms with E-state index in [2.05, 4.69) is 10.6 Å². The van der Waals surface area contributed by atoms with Gasteiger partial charge in [-0.15, -0.1) is 0 Å². The molecule has 0 saturated carbocycles. The van der Waals surface area contributed by atoms with E-state index in [0.29, 0.717) is 36.6 Å². The molecule has 0 aliphatic rings. The maximum absolute atomic E-state index is 11.8. The SMILES string of the molecule is COc1ccc(NC(=O)C(=O)NCCCCCO)c(OC)c1. The van der Waals surface area contributed by atoms with E-state index < -0.39 is 11.8 Å². The highest BCUT2D eigenvalue weighted by Gasteiger charge is 2.15. The van der Waals surface area contributed by atoms with Crippen LogP contribution >= 0.6 is 0 Å². The number of carbonyl (C=O) groups excluding carboxylic acids is 2. The first-order valence-electron chi connectivity index (χ1n) is 7.04. The second kappa shape index (κ2) is 9.62. The first-order valence-corrected chi connectivity index (χ1v) is 7.04. The van der Waals surface area contributed by atoms with Gasteiger partial charge in [0, 0.05) is 19.2 Å². The summed E-state index contributed by atoms with van der Waals surface area (Å²) in [6.07, 6.45) is 2.20. The highest BCUT2D eigenvalue weighted by molar-refractivity contribution is 6.39. The molecule has 0 aliphatic heterocycles. The minimum absolute atomic E-state index is 0.131. The van der Waals surface area contributed by atoms with Crippen LogP contribution in [0.4, 0.5) is 5.69 Å². The number of methoxy groups -OCH3 is 2. The molecule has 7 nitrogen and oxygen atoms in total. The van der Waals surface area contributed by atoms with E-state index in [1.54, 1.807) is 18.2 Å². The number of aliphatic hydroxyl groups is 1. The summed E-state index contributed by atoms with van der Waals surface area (Å²) in [4.78, 5) is 23.5. The summed E-state index contributed by atoms with van der Waals surface area (Å²) in [5, 5.41) is 13.7. The van der Waals surface area contributed by atoms with Crippen molar-refractivity contribution in [2.75, 3.05) is 32.7 Å². The van der Waals surface area contributed by atoms with Crippen molar-refractivity contribution in [3.05, 3.63) is 18.2 Å². The summed E-state index contributed by atoms with van der Waals surface area (Å²) in [7, 11) is 2.99. The predicted molar refractivity (Wildman–Crippen MR) is 82.1 cm³/mol. The molecule has 7 heteroatoms. The molecule has 0 saturated heterocycles. The topological polar surface area (TPSA) is 96.9 Å². The van der Waals surface area contributed by atoms with Gasteiger partial charge in [-0.1, -0.05) is 0 Å². The van der Waals surface area contributed by atoms with Crippen LogP contribution in [0, 0.1) is 0 Å². The van der Waals surface area contributed by atoms with Crippen LogP contribution in [0.25, 0.3) is 0 Å². The number of anilines is 1. The lowest BCUT2D eigenvalue weighted by molar-refractivity contribution is -0.136. The van der Waals surface area contributed by atoms with E-state index in [0.717, 1.165) is 6.42 Å². The molecule has 0 radical (unpaired) electrons. The van der Waals surface area contributed by atoms with Crippen molar-refractivity contribution in [3.8, 4) is 11.5 Å². The Kier molecular flexibility index (Phi) is 7.77. The number of carbonyl (C=O) groups is 2. The second-order valence-corrected chi connectivity index (χ2v) is 4.56. The van der Waals surface area contributed by atoms with Crippen molar-refractivity contribution in [3.63, 3.8) is 0 Å². The third kappa shape index (κ3) is 5.61. The van der Waals surface area contributed by atoms with Gasteiger partial charge in [-0.05, 0) is 31.4 Å². The van der Waals surface area contributed by atoms with Crippen molar-refractivity contribution < 1.29 is 24.2 Å². The summed E-state index contributed by atoms with van der Waals surface area (Å²) in [5.41, 5.74) is 0.392. The molecule has 1 aromatic carbocycles. The van der Waals surface area contributed by atoms with Gasteiger partial charge in [-0.25, -0.2) is 0 Å². The molecule has 22 heavy (non-hydrogen) atoms. The van der Waals surface area contributed by atoms with Crippen LogP contribution < -0.4 is 20.1 Å². The minimum Gasteiger partial charge on any atom is -0.497 e. The molecule has 3 N–H and O–H groups in total. The van der Waals surface area contributed by atoms with Gasteiger partial charge >= 0.3 is 11.8 Å². The van der Waals surface area contributed by atoms with E-state index >= 15 is 0 Å². The van der Waals surface area contributed by atoms with Gasteiger partial charge in [0.05, 0.1) is 19.9 Å². The predicted octanol–water partition coefficient (Wildman–Crippen LogP) is 0.921. The standard InChI is InChI=1S/C15H22N2O5/c1-21-11-6-7-12(13(10-11)22-2)17-15(20)14(19)16-8-4-3-5-9-18/h6-7,10,18H,3-5,8-9H2,1-2H3,(H,16,19)(H,17,20). The molecule has 0 spiro atoms. The van der Waals surface area contributed by atoms with Crippen LogP contribution in [0.15, 0.2) is 18.2 Å². The van der Waals surface area contributed by atoms with Gasteiger partial charge in [0.15, 0.2) is 0 Å². The smallest absolute Gasteiger partial charge is 0.313 e. The van der Waals surface area contributed by atoms with Gasteiger partial charge in [-0.2, -0.15) is 0 Å². The lowest BCUT2D eigenvalue weighted by atomic mass is 10.2. The molecule has 122 valence electrons. The Morgan fingerprint density at radius 1 is 1.09 bits per heavy atom. The highest BCUT2D eigenvalue weighted by Crippen LogP contribution is 2.28. The molecule has 0 unspecified atom stereocenters. The van der Waals surface area contributed by atoms with Gasteiger partial charge in [0.2, 0.25) is 0 Å². The Bertz CT molecular complexity index is 505. The molecule has 0 heterocycles. The maximum atomic E-state index is 11.8. The Hall–Kier alpha value is -2.28. The number of hydrogen-bond donors (Lipinski definition) is 3. The summed E-state index contributed by atoms with van der Waals surface area (Å²) in [6.45, 7) is 0.525. The van der Waals surface area contributed by atoms with Crippen LogP contribution in [-0.4, -0.2) is 44.3 Å². The third-order valence-corrected chi connectivity index (χ3v) is 2.98. The fraction of sp³-hybridized carbons (Fsp3) is 0.467. The third-order valence-electron chi connectivity index (χ3n) is 2.98. The van der Waals surface area contributed by atoms with Crippen molar-refractivity contribution in [1.29, 1.82) is 0 Å². The Morgan fingerprint density at radius 2 is 1.86 bits per heavy atom. The van der Waals surface area contributed by atoms with E-state index in [1.807, 2.05) is 0 Å². The number of hydrogen-bond acceptors (Lipinski definition) is 5. The number of ether oxygens (including phenoxy) is 2. The van der Waals surface area contributed by atoms with Gasteiger partial charge in [0.1, 0.15) is 11.5 Å². The van der Waals surface area contributed by atoms with Crippen molar-refractivity contribution in [1.82, 2.24) is 5.32 Å². The van der Waals surface area contributed by atoms with E-state index in [9.17, 15) is 9.59 Å². The maximum Gasteiger partial charge on any atom is 0.313 e. The quantitative estimate of drug-likeness (QED) is 0.490. The second-order valence-electron chi connectivity index (χ2n) is 4.56. The van der Waals surface area contributed by atoms with Crippen LogP contribution in [0.3, 0.4) is 0 Å². The lowest BCUT2D eigenvalue weighted by Crippen LogP contribution is -2.36. The van der Waals surface area contributed by atoms with Crippen LogP contribution in [0.1, 0.15) is 19.3 Å². The number of amides is 2. The Morgan fingerprint density at radius 3 is 2.50 bits per heavy atom. The van der Waals surface area contributed by atoms with Crippen LogP contribution in [0.5, 0.6) is 11.5 Å². The van der Waals surface area contributed by atoms with Gasteiger partial charge in [-0.3, -0.25) is 9.59 Å². The molecule has 0 aromatic heterocycles. The fourth-order valence-electron chi connectivity index (χ4n) is 1.78. The van der Waals surface area contributed by atoms with E-state index in [4.69, 9.17) is 14.6 Å². The molecule has 0 bridgehead atoms. The van der Waals surface area contributed by atoms with E-state index in [1.165, 1.54) is 14.2 Å². The Balaban J connectivity index is 2.51. The number of rotatable bonds is 8. The fourth-order valence-corrected chi connectivity index (χ4v) is 1.78.